The third-order valence-electron chi connectivity index (χ3n) is 4.60. The summed E-state index contributed by atoms with van der Waals surface area (Å²) >= 11 is 0. The van der Waals surface area contributed by atoms with Crippen molar-refractivity contribution < 1.29 is 9.18 Å². The number of carbonyl (C=O) groups excluding carboxylic acids is 1. The lowest BCUT2D eigenvalue weighted by atomic mass is 10.2. The largest absolute Gasteiger partial charge is 0.368 e. The summed E-state index contributed by atoms with van der Waals surface area (Å²) in [6, 6.07) is 10.1. The fourth-order valence-corrected chi connectivity index (χ4v) is 3.09. The molecule has 1 aliphatic heterocycles. The van der Waals surface area contributed by atoms with Gasteiger partial charge >= 0.3 is 0 Å². The fourth-order valence-electron chi connectivity index (χ4n) is 3.09. The van der Waals surface area contributed by atoms with Crippen molar-refractivity contribution in [3.63, 3.8) is 0 Å². The average molecular weight is 363 g/mol. The van der Waals surface area contributed by atoms with E-state index in [2.05, 4.69) is 19.9 Å². The van der Waals surface area contributed by atoms with Crippen molar-refractivity contribution in [2.75, 3.05) is 31.1 Å². The molecule has 4 rings (SSSR count). The van der Waals surface area contributed by atoms with E-state index >= 15 is 0 Å². The van der Waals surface area contributed by atoms with Crippen LogP contribution in [-0.2, 0) is 0 Å². The van der Waals surface area contributed by atoms with Crippen LogP contribution >= 0.6 is 0 Å². The first kappa shape index (κ1) is 17.1. The number of rotatable bonds is 3. The number of carbonyl (C=O) groups is 1. The molecule has 1 amide bonds. The van der Waals surface area contributed by atoms with E-state index in [1.807, 2.05) is 12.1 Å². The Morgan fingerprint density at radius 3 is 2.15 bits per heavy atom. The van der Waals surface area contributed by atoms with Gasteiger partial charge in [0.05, 0.1) is 5.56 Å². The number of anilines is 1. The first-order valence-corrected chi connectivity index (χ1v) is 8.73. The number of amides is 1. The van der Waals surface area contributed by atoms with Crippen LogP contribution in [0.25, 0.3) is 11.4 Å². The maximum atomic E-state index is 13.1. The maximum absolute atomic E-state index is 13.1. The quantitative estimate of drug-likeness (QED) is 0.716. The molecule has 0 radical (unpaired) electrons. The number of aromatic nitrogens is 3. The summed E-state index contributed by atoms with van der Waals surface area (Å²) in [5.74, 6) is 0.243. The van der Waals surface area contributed by atoms with Crippen molar-refractivity contribution in [3.05, 3.63) is 72.6 Å². The highest BCUT2D eigenvalue weighted by Gasteiger charge is 2.23. The molecule has 0 aliphatic carbocycles. The first-order chi connectivity index (χ1) is 13.2. The van der Waals surface area contributed by atoms with Gasteiger partial charge in [-0.05, 0) is 36.4 Å². The Morgan fingerprint density at radius 2 is 1.52 bits per heavy atom. The number of halogens is 1. The smallest absolute Gasteiger partial charge is 0.257 e. The Kier molecular flexibility index (Phi) is 4.74. The predicted octanol–water partition coefficient (Wildman–Crippen LogP) is 2.64. The van der Waals surface area contributed by atoms with Gasteiger partial charge in [-0.3, -0.25) is 9.78 Å². The van der Waals surface area contributed by atoms with Crippen LogP contribution in [0.15, 0.2) is 61.2 Å². The lowest BCUT2D eigenvalue weighted by Crippen LogP contribution is -2.48. The highest BCUT2D eigenvalue weighted by molar-refractivity contribution is 5.94. The number of pyridine rings is 1. The Morgan fingerprint density at radius 1 is 0.889 bits per heavy atom. The summed E-state index contributed by atoms with van der Waals surface area (Å²) in [7, 11) is 0. The minimum absolute atomic E-state index is 0.0740. The van der Waals surface area contributed by atoms with Crippen LogP contribution in [-0.4, -0.2) is 51.9 Å². The van der Waals surface area contributed by atoms with E-state index < -0.39 is 0 Å². The first-order valence-electron chi connectivity index (χ1n) is 8.73. The van der Waals surface area contributed by atoms with Crippen LogP contribution in [0.2, 0.25) is 0 Å². The number of hydrogen-bond donors (Lipinski definition) is 0. The number of hydrogen-bond acceptors (Lipinski definition) is 5. The highest BCUT2D eigenvalue weighted by Crippen LogP contribution is 2.18. The van der Waals surface area contributed by atoms with Crippen molar-refractivity contribution in [2.45, 2.75) is 0 Å². The molecule has 3 aromatic rings. The number of benzene rings is 1. The molecule has 1 aliphatic rings. The molecule has 136 valence electrons. The summed E-state index contributed by atoms with van der Waals surface area (Å²) in [5.41, 5.74) is 2.30. The molecule has 2 aromatic heterocycles. The van der Waals surface area contributed by atoms with Crippen LogP contribution in [0, 0.1) is 5.82 Å². The molecule has 0 spiro atoms. The van der Waals surface area contributed by atoms with Crippen LogP contribution in [0.5, 0.6) is 0 Å². The number of nitrogens with zero attached hydrogens (tertiary/aromatic N) is 5. The second-order valence-corrected chi connectivity index (χ2v) is 6.29. The molecule has 6 nitrogen and oxygen atoms in total. The SMILES string of the molecule is O=C(c1cnc(-c2ccncc2)nc1)N1CCN(c2ccc(F)cc2)CC1. The Balaban J connectivity index is 1.40. The van der Waals surface area contributed by atoms with E-state index in [1.165, 1.54) is 12.1 Å². The summed E-state index contributed by atoms with van der Waals surface area (Å²) in [5, 5.41) is 0. The standard InChI is InChI=1S/C20H18FN5O/c21-17-1-3-18(4-2-17)25-9-11-26(12-10-25)20(27)16-13-23-19(24-14-16)15-5-7-22-8-6-15/h1-8,13-14H,9-12H2. The van der Waals surface area contributed by atoms with E-state index in [0.29, 0.717) is 37.6 Å². The van der Waals surface area contributed by atoms with Gasteiger partial charge in [0.1, 0.15) is 5.82 Å². The second-order valence-electron chi connectivity index (χ2n) is 6.29. The Bertz CT molecular complexity index is 907. The van der Waals surface area contributed by atoms with Gasteiger partial charge in [0.2, 0.25) is 0 Å². The molecule has 0 N–H and O–H groups in total. The van der Waals surface area contributed by atoms with Crippen LogP contribution < -0.4 is 4.90 Å². The van der Waals surface area contributed by atoms with Gasteiger partial charge in [-0.1, -0.05) is 0 Å². The van der Waals surface area contributed by atoms with Gasteiger partial charge in [0.15, 0.2) is 5.82 Å². The van der Waals surface area contributed by atoms with Crippen molar-refractivity contribution >= 4 is 11.6 Å². The average Bonchev–Trinajstić information content (AvgIpc) is 2.75. The summed E-state index contributed by atoms with van der Waals surface area (Å²) in [6.45, 7) is 2.60. The van der Waals surface area contributed by atoms with Gasteiger partial charge in [-0.25, -0.2) is 14.4 Å². The Hall–Kier alpha value is -3.35. The van der Waals surface area contributed by atoms with Gasteiger partial charge in [0.25, 0.3) is 5.91 Å². The van der Waals surface area contributed by atoms with Gasteiger partial charge < -0.3 is 9.80 Å². The highest BCUT2D eigenvalue weighted by atomic mass is 19.1. The molecule has 7 heteroatoms. The molecule has 1 saturated heterocycles. The molecule has 0 atom stereocenters. The third-order valence-corrected chi connectivity index (χ3v) is 4.60. The number of piperazine rings is 1. The molecule has 0 unspecified atom stereocenters. The van der Waals surface area contributed by atoms with E-state index in [9.17, 15) is 9.18 Å². The third kappa shape index (κ3) is 3.76. The molecule has 3 heterocycles. The predicted molar refractivity (Wildman–Crippen MR) is 99.8 cm³/mol. The van der Waals surface area contributed by atoms with E-state index in [1.54, 1.807) is 41.8 Å². The van der Waals surface area contributed by atoms with Crippen LogP contribution in [0.3, 0.4) is 0 Å². The van der Waals surface area contributed by atoms with Crippen LogP contribution in [0.1, 0.15) is 10.4 Å². The zero-order valence-corrected chi connectivity index (χ0v) is 14.6. The lowest BCUT2D eigenvalue weighted by Gasteiger charge is -2.36. The van der Waals surface area contributed by atoms with Gasteiger partial charge in [-0.15, -0.1) is 0 Å². The van der Waals surface area contributed by atoms with Crippen LogP contribution in [0.4, 0.5) is 10.1 Å². The molecule has 0 bridgehead atoms. The summed E-state index contributed by atoms with van der Waals surface area (Å²) in [6.07, 6.45) is 6.49. The van der Waals surface area contributed by atoms with Crippen molar-refractivity contribution in [3.8, 4) is 11.4 Å². The van der Waals surface area contributed by atoms with Gasteiger partial charge in [0, 0.05) is 62.2 Å². The minimum atomic E-state index is -0.247. The lowest BCUT2D eigenvalue weighted by molar-refractivity contribution is 0.0746. The van der Waals surface area contributed by atoms with Crippen molar-refractivity contribution in [1.82, 2.24) is 19.9 Å². The van der Waals surface area contributed by atoms with E-state index in [0.717, 1.165) is 11.3 Å². The zero-order chi connectivity index (χ0) is 18.6. The molecule has 27 heavy (non-hydrogen) atoms. The monoisotopic (exact) mass is 363 g/mol. The van der Waals surface area contributed by atoms with Crippen molar-refractivity contribution in [2.24, 2.45) is 0 Å². The topological polar surface area (TPSA) is 62.2 Å². The molecule has 1 fully saturated rings. The molecular weight excluding hydrogens is 345 g/mol. The van der Waals surface area contributed by atoms with E-state index in [4.69, 9.17) is 0 Å². The minimum Gasteiger partial charge on any atom is -0.368 e. The maximum Gasteiger partial charge on any atom is 0.257 e. The van der Waals surface area contributed by atoms with Crippen molar-refractivity contribution in [1.29, 1.82) is 0 Å². The molecule has 0 saturated carbocycles. The molecule has 1 aromatic carbocycles. The molecular formula is C20H18FN5O. The Labute approximate surface area is 156 Å². The van der Waals surface area contributed by atoms with Gasteiger partial charge in [-0.2, -0.15) is 0 Å². The summed E-state index contributed by atoms with van der Waals surface area (Å²) < 4.78 is 13.1. The zero-order valence-electron chi connectivity index (χ0n) is 14.6. The fraction of sp³-hybridized carbons (Fsp3) is 0.200. The van der Waals surface area contributed by atoms with E-state index in [-0.39, 0.29) is 11.7 Å². The normalized spacial score (nSPS) is 14.3. The second kappa shape index (κ2) is 7.49. The summed E-state index contributed by atoms with van der Waals surface area (Å²) in [4.78, 5) is 29.2.